The Labute approximate surface area is 84.3 Å². The van der Waals surface area contributed by atoms with Gasteiger partial charge in [0.2, 0.25) is 0 Å². The van der Waals surface area contributed by atoms with Gasteiger partial charge in [-0.25, -0.2) is 0 Å². The minimum atomic E-state index is 0.0252. The number of nitrogens with zero attached hydrogens (tertiary/aromatic N) is 1. The molecule has 1 heterocycles. The molecule has 14 heavy (non-hydrogen) atoms. The van der Waals surface area contributed by atoms with E-state index in [0.717, 1.165) is 5.76 Å². The third kappa shape index (κ3) is 2.91. The lowest BCUT2D eigenvalue weighted by atomic mass is 10.1. The summed E-state index contributed by atoms with van der Waals surface area (Å²) in [6.45, 7) is 0.616. The molecule has 1 N–H and O–H groups in total. The van der Waals surface area contributed by atoms with Crippen LogP contribution in [0.25, 0.3) is 0 Å². The third-order valence-corrected chi connectivity index (χ3v) is 2.19. The molecule has 0 saturated carbocycles. The highest BCUT2D eigenvalue weighted by Gasteiger charge is 2.14. The van der Waals surface area contributed by atoms with Gasteiger partial charge in [0.25, 0.3) is 0 Å². The van der Waals surface area contributed by atoms with Gasteiger partial charge in [-0.05, 0) is 19.2 Å². The largest absolute Gasteiger partial charge is 0.469 e. The van der Waals surface area contributed by atoms with E-state index in [1.165, 1.54) is 0 Å². The molecule has 0 aromatic carbocycles. The molecule has 0 amide bonds. The highest BCUT2D eigenvalue weighted by molar-refractivity contribution is 5.01. The number of aliphatic hydroxyl groups excluding tert-OH is 1. The van der Waals surface area contributed by atoms with Crippen LogP contribution < -0.4 is 0 Å². The molecule has 3 heteroatoms. The van der Waals surface area contributed by atoms with Crippen molar-refractivity contribution in [3.8, 4) is 12.3 Å². The average molecular weight is 193 g/mol. The quantitative estimate of drug-likeness (QED) is 0.701. The Morgan fingerprint density at radius 3 is 3.00 bits per heavy atom. The smallest absolute Gasteiger partial charge is 0.105 e. The van der Waals surface area contributed by atoms with Gasteiger partial charge in [-0.3, -0.25) is 4.90 Å². The van der Waals surface area contributed by atoms with Crippen molar-refractivity contribution in [2.75, 3.05) is 20.2 Å². The summed E-state index contributed by atoms with van der Waals surface area (Å²) in [4.78, 5) is 1.93. The Morgan fingerprint density at radius 2 is 2.50 bits per heavy atom. The number of furan rings is 1. The topological polar surface area (TPSA) is 36.6 Å². The number of hydrogen-bond donors (Lipinski definition) is 1. The van der Waals surface area contributed by atoms with Crippen molar-refractivity contribution in [3.05, 3.63) is 24.2 Å². The lowest BCUT2D eigenvalue weighted by Gasteiger charge is -2.23. The molecule has 76 valence electrons. The first-order valence-corrected chi connectivity index (χ1v) is 4.55. The Kier molecular flexibility index (Phi) is 4.24. The van der Waals surface area contributed by atoms with Crippen molar-refractivity contribution >= 4 is 0 Å². The van der Waals surface area contributed by atoms with Crippen molar-refractivity contribution in [1.29, 1.82) is 0 Å². The molecule has 1 unspecified atom stereocenters. The summed E-state index contributed by atoms with van der Waals surface area (Å²) in [6.07, 6.45) is 7.51. The van der Waals surface area contributed by atoms with Crippen LogP contribution in [-0.2, 0) is 6.42 Å². The first kappa shape index (κ1) is 10.8. The highest BCUT2D eigenvalue weighted by Crippen LogP contribution is 2.07. The second kappa shape index (κ2) is 5.48. The van der Waals surface area contributed by atoms with Gasteiger partial charge in [0.1, 0.15) is 5.76 Å². The minimum absolute atomic E-state index is 0.0252. The molecule has 0 aliphatic carbocycles. The second-order valence-electron chi connectivity index (χ2n) is 3.24. The van der Waals surface area contributed by atoms with Gasteiger partial charge in [0.15, 0.2) is 0 Å². The molecule has 1 rings (SSSR count). The fourth-order valence-corrected chi connectivity index (χ4v) is 1.29. The van der Waals surface area contributed by atoms with Gasteiger partial charge in [-0.1, -0.05) is 5.92 Å². The first-order valence-electron chi connectivity index (χ1n) is 4.55. The van der Waals surface area contributed by atoms with Gasteiger partial charge < -0.3 is 9.52 Å². The van der Waals surface area contributed by atoms with Crippen LogP contribution in [0.4, 0.5) is 0 Å². The van der Waals surface area contributed by atoms with Crippen molar-refractivity contribution in [2.24, 2.45) is 0 Å². The van der Waals surface area contributed by atoms with E-state index in [2.05, 4.69) is 5.92 Å². The fourth-order valence-electron chi connectivity index (χ4n) is 1.29. The number of aliphatic hydroxyl groups is 1. The predicted octanol–water partition coefficient (Wildman–Crippen LogP) is 0.748. The van der Waals surface area contributed by atoms with Crippen molar-refractivity contribution < 1.29 is 9.52 Å². The molecule has 0 spiro atoms. The van der Waals surface area contributed by atoms with Crippen LogP contribution in [0.15, 0.2) is 22.8 Å². The van der Waals surface area contributed by atoms with Crippen LogP contribution in [0, 0.1) is 12.3 Å². The third-order valence-electron chi connectivity index (χ3n) is 2.19. The van der Waals surface area contributed by atoms with Crippen LogP contribution in [0.2, 0.25) is 0 Å². The summed E-state index contributed by atoms with van der Waals surface area (Å²) in [5.74, 6) is 3.41. The van der Waals surface area contributed by atoms with Crippen molar-refractivity contribution in [1.82, 2.24) is 4.90 Å². The molecule has 0 radical (unpaired) electrons. The number of terminal acetylenes is 1. The van der Waals surface area contributed by atoms with E-state index in [9.17, 15) is 0 Å². The molecule has 1 aromatic heterocycles. The van der Waals surface area contributed by atoms with Gasteiger partial charge in [-0.15, -0.1) is 6.42 Å². The van der Waals surface area contributed by atoms with Gasteiger partial charge in [-0.2, -0.15) is 0 Å². The molecule has 0 bridgehead atoms. The fraction of sp³-hybridized carbons (Fsp3) is 0.455. The Hall–Kier alpha value is -1.24. The lowest BCUT2D eigenvalue weighted by molar-refractivity contribution is 0.154. The van der Waals surface area contributed by atoms with Crippen LogP contribution >= 0.6 is 0 Å². The Morgan fingerprint density at radius 1 is 1.71 bits per heavy atom. The Bertz CT molecular complexity index is 287. The summed E-state index contributed by atoms with van der Waals surface area (Å²) in [5.41, 5.74) is 0. The van der Waals surface area contributed by atoms with E-state index in [1.807, 2.05) is 24.1 Å². The van der Waals surface area contributed by atoms with Crippen LogP contribution in [0.1, 0.15) is 5.76 Å². The molecular weight excluding hydrogens is 178 g/mol. The molecular formula is C11H15NO2. The van der Waals surface area contributed by atoms with E-state index >= 15 is 0 Å². The molecule has 3 nitrogen and oxygen atoms in total. The highest BCUT2D eigenvalue weighted by atomic mass is 16.3. The summed E-state index contributed by atoms with van der Waals surface area (Å²) in [7, 11) is 1.89. The molecule has 1 atom stereocenters. The van der Waals surface area contributed by atoms with E-state index in [-0.39, 0.29) is 12.6 Å². The predicted molar refractivity (Wildman–Crippen MR) is 54.7 cm³/mol. The van der Waals surface area contributed by atoms with Crippen molar-refractivity contribution in [2.45, 2.75) is 12.5 Å². The standard InChI is InChI=1S/C11H15NO2/c1-3-6-12(2)10(9-13)8-11-5-4-7-14-11/h1,4-5,7,10,13H,6,8-9H2,2H3. The normalized spacial score (nSPS) is 12.7. The van der Waals surface area contributed by atoms with E-state index < -0.39 is 0 Å². The van der Waals surface area contributed by atoms with Crippen LogP contribution in [-0.4, -0.2) is 36.2 Å². The summed E-state index contributed by atoms with van der Waals surface area (Å²) in [6, 6.07) is 3.76. The SMILES string of the molecule is C#CCN(C)C(CO)Cc1ccco1. The maximum absolute atomic E-state index is 9.17. The molecule has 0 fully saturated rings. The molecule has 0 aliphatic heterocycles. The van der Waals surface area contributed by atoms with E-state index in [0.29, 0.717) is 13.0 Å². The molecule has 0 saturated heterocycles. The van der Waals surface area contributed by atoms with E-state index in [4.69, 9.17) is 15.9 Å². The number of likely N-dealkylation sites (N-methyl/N-ethyl adjacent to an activating group) is 1. The molecule has 1 aromatic rings. The maximum atomic E-state index is 9.17. The molecule has 0 aliphatic rings. The number of hydrogen-bond acceptors (Lipinski definition) is 3. The maximum Gasteiger partial charge on any atom is 0.105 e. The second-order valence-corrected chi connectivity index (χ2v) is 3.24. The first-order chi connectivity index (χ1) is 6.77. The average Bonchev–Trinajstić information content (AvgIpc) is 2.66. The van der Waals surface area contributed by atoms with Gasteiger partial charge in [0, 0.05) is 12.5 Å². The summed E-state index contributed by atoms with van der Waals surface area (Å²) >= 11 is 0. The van der Waals surface area contributed by atoms with E-state index in [1.54, 1.807) is 6.26 Å². The summed E-state index contributed by atoms with van der Waals surface area (Å²) < 4.78 is 5.20. The lowest BCUT2D eigenvalue weighted by Crippen LogP contribution is -2.36. The zero-order valence-corrected chi connectivity index (χ0v) is 8.31. The number of rotatable bonds is 5. The van der Waals surface area contributed by atoms with Gasteiger partial charge >= 0.3 is 0 Å². The zero-order valence-electron chi connectivity index (χ0n) is 8.31. The van der Waals surface area contributed by atoms with Gasteiger partial charge in [0.05, 0.1) is 19.4 Å². The monoisotopic (exact) mass is 193 g/mol. The minimum Gasteiger partial charge on any atom is -0.469 e. The van der Waals surface area contributed by atoms with Crippen molar-refractivity contribution in [3.63, 3.8) is 0 Å². The van der Waals surface area contributed by atoms with Crippen LogP contribution in [0.3, 0.4) is 0 Å². The summed E-state index contributed by atoms with van der Waals surface area (Å²) in [5, 5.41) is 9.17. The Balaban J connectivity index is 2.51. The zero-order chi connectivity index (χ0) is 10.4. The van der Waals surface area contributed by atoms with Crippen LogP contribution in [0.5, 0.6) is 0 Å².